The molecule has 0 radical (unpaired) electrons. The third-order valence-electron chi connectivity index (χ3n) is 3.26. The van der Waals surface area contributed by atoms with E-state index in [1.54, 1.807) is 0 Å². The fraction of sp³-hybridized carbons (Fsp3) is 0.200. The highest BCUT2D eigenvalue weighted by Gasteiger charge is 2.19. The molecule has 1 aliphatic heterocycles. The maximum absolute atomic E-state index is 3.54. The fourth-order valence-electron chi connectivity index (χ4n) is 2.44. The molecule has 1 unspecified atom stereocenters. The number of rotatable bonds is 0. The van der Waals surface area contributed by atoms with Crippen molar-refractivity contribution < 1.29 is 0 Å². The normalized spacial score (nSPS) is 17.2. The Hall–Kier alpha value is -1.76. The quantitative estimate of drug-likeness (QED) is 0.687. The summed E-state index contributed by atoms with van der Waals surface area (Å²) < 4.78 is 0. The van der Waals surface area contributed by atoms with Gasteiger partial charge in [-0.2, -0.15) is 0 Å². The molecular weight excluding hydrogens is 194 g/mol. The molecule has 2 aromatic rings. The van der Waals surface area contributed by atoms with E-state index in [1.165, 1.54) is 27.9 Å². The van der Waals surface area contributed by atoms with Crippen LogP contribution >= 0.6 is 0 Å². The van der Waals surface area contributed by atoms with Crippen LogP contribution in [0.25, 0.3) is 11.1 Å². The number of hydrogen-bond donors (Lipinski definition) is 1. The molecule has 1 heteroatoms. The van der Waals surface area contributed by atoms with E-state index < -0.39 is 0 Å². The van der Waals surface area contributed by atoms with Gasteiger partial charge in [0.05, 0.1) is 0 Å². The van der Waals surface area contributed by atoms with Crippen LogP contribution in [0.5, 0.6) is 0 Å². The minimum Gasteiger partial charge on any atom is -0.378 e. The van der Waals surface area contributed by atoms with Crippen molar-refractivity contribution in [2.75, 3.05) is 5.32 Å². The summed E-state index contributed by atoms with van der Waals surface area (Å²) in [6.45, 7) is 4.36. The predicted octanol–water partition coefficient (Wildman–Crippen LogP) is 4.15. The van der Waals surface area contributed by atoms with Crippen LogP contribution in [0, 0.1) is 6.92 Å². The molecule has 0 aliphatic carbocycles. The standard InChI is InChI=1S/C15H15N/c1-10-7-8-12-13-5-3-4-6-15(13)16-11(2)14(12)9-10/h3-9,11,16H,1-2H3. The zero-order chi connectivity index (χ0) is 11.1. The zero-order valence-electron chi connectivity index (χ0n) is 9.62. The van der Waals surface area contributed by atoms with Gasteiger partial charge in [0.2, 0.25) is 0 Å². The van der Waals surface area contributed by atoms with E-state index in [9.17, 15) is 0 Å². The number of nitrogens with one attached hydrogen (secondary N) is 1. The van der Waals surface area contributed by atoms with E-state index in [-0.39, 0.29) is 0 Å². The molecule has 0 fully saturated rings. The first-order chi connectivity index (χ1) is 7.75. The summed E-state index contributed by atoms with van der Waals surface area (Å²) in [7, 11) is 0. The highest BCUT2D eigenvalue weighted by atomic mass is 14.9. The molecule has 0 spiro atoms. The zero-order valence-corrected chi connectivity index (χ0v) is 9.62. The highest BCUT2D eigenvalue weighted by molar-refractivity contribution is 5.83. The summed E-state index contributed by atoms with van der Waals surface area (Å²) in [4.78, 5) is 0. The summed E-state index contributed by atoms with van der Waals surface area (Å²) in [5, 5.41) is 3.54. The van der Waals surface area contributed by atoms with Crippen LogP contribution in [-0.4, -0.2) is 0 Å². The van der Waals surface area contributed by atoms with Gasteiger partial charge in [0.1, 0.15) is 0 Å². The number of para-hydroxylation sites is 1. The van der Waals surface area contributed by atoms with Crippen molar-refractivity contribution in [3.8, 4) is 11.1 Å². The molecule has 0 saturated carbocycles. The number of aryl methyl sites for hydroxylation is 1. The summed E-state index contributed by atoms with van der Waals surface area (Å²) in [6.07, 6.45) is 0. The smallest absolute Gasteiger partial charge is 0.0492 e. The van der Waals surface area contributed by atoms with Gasteiger partial charge >= 0.3 is 0 Å². The van der Waals surface area contributed by atoms with Crippen molar-refractivity contribution in [3.05, 3.63) is 53.6 Å². The van der Waals surface area contributed by atoms with Gasteiger partial charge in [-0.3, -0.25) is 0 Å². The van der Waals surface area contributed by atoms with E-state index in [0.29, 0.717) is 6.04 Å². The van der Waals surface area contributed by atoms with Crippen LogP contribution in [0.3, 0.4) is 0 Å². The number of anilines is 1. The lowest BCUT2D eigenvalue weighted by molar-refractivity contribution is 0.874. The molecule has 1 aliphatic rings. The Balaban J connectivity index is 2.28. The van der Waals surface area contributed by atoms with Gasteiger partial charge in [-0.05, 0) is 31.0 Å². The summed E-state index contributed by atoms with van der Waals surface area (Å²) in [5.74, 6) is 0. The monoisotopic (exact) mass is 209 g/mol. The van der Waals surface area contributed by atoms with Crippen molar-refractivity contribution in [1.82, 2.24) is 0 Å². The Morgan fingerprint density at radius 2 is 1.81 bits per heavy atom. The van der Waals surface area contributed by atoms with Crippen LogP contribution < -0.4 is 5.32 Å². The van der Waals surface area contributed by atoms with E-state index in [2.05, 4.69) is 61.6 Å². The molecule has 1 heterocycles. The summed E-state index contributed by atoms with van der Waals surface area (Å²) in [5.41, 5.74) is 6.65. The number of fused-ring (bicyclic) bond motifs is 3. The molecule has 16 heavy (non-hydrogen) atoms. The average Bonchev–Trinajstić information content (AvgIpc) is 2.29. The molecule has 0 amide bonds. The van der Waals surface area contributed by atoms with E-state index in [4.69, 9.17) is 0 Å². The largest absolute Gasteiger partial charge is 0.378 e. The molecule has 0 saturated heterocycles. The first kappa shape index (κ1) is 9.46. The Morgan fingerprint density at radius 3 is 2.69 bits per heavy atom. The van der Waals surface area contributed by atoms with Crippen LogP contribution in [0.4, 0.5) is 5.69 Å². The third kappa shape index (κ3) is 1.32. The maximum atomic E-state index is 3.54. The SMILES string of the molecule is Cc1ccc2c(c1)C(C)Nc1ccccc1-2. The van der Waals surface area contributed by atoms with E-state index in [0.717, 1.165) is 0 Å². The van der Waals surface area contributed by atoms with Crippen LogP contribution in [0.2, 0.25) is 0 Å². The first-order valence-electron chi connectivity index (χ1n) is 5.72. The Bertz CT molecular complexity index is 543. The lowest BCUT2D eigenvalue weighted by atomic mass is 9.89. The van der Waals surface area contributed by atoms with Crippen LogP contribution in [0.1, 0.15) is 24.1 Å². The van der Waals surface area contributed by atoms with Crippen molar-refractivity contribution in [1.29, 1.82) is 0 Å². The summed E-state index contributed by atoms with van der Waals surface area (Å²) >= 11 is 0. The van der Waals surface area contributed by atoms with Crippen molar-refractivity contribution in [3.63, 3.8) is 0 Å². The molecule has 0 bridgehead atoms. The second-order valence-electron chi connectivity index (χ2n) is 4.50. The number of benzene rings is 2. The summed E-state index contributed by atoms with van der Waals surface area (Å²) in [6, 6.07) is 15.6. The van der Waals surface area contributed by atoms with E-state index >= 15 is 0 Å². The number of hydrogen-bond acceptors (Lipinski definition) is 1. The van der Waals surface area contributed by atoms with E-state index in [1.807, 2.05) is 0 Å². The highest BCUT2D eigenvalue weighted by Crippen LogP contribution is 2.40. The van der Waals surface area contributed by atoms with Gasteiger partial charge in [-0.25, -0.2) is 0 Å². The molecule has 0 aromatic heterocycles. The maximum Gasteiger partial charge on any atom is 0.0492 e. The third-order valence-corrected chi connectivity index (χ3v) is 3.26. The predicted molar refractivity (Wildman–Crippen MR) is 68.7 cm³/mol. The Morgan fingerprint density at radius 1 is 1.00 bits per heavy atom. The Kier molecular flexibility index (Phi) is 2.00. The molecule has 1 atom stereocenters. The van der Waals surface area contributed by atoms with Gasteiger partial charge in [0.15, 0.2) is 0 Å². The van der Waals surface area contributed by atoms with Crippen molar-refractivity contribution in [2.45, 2.75) is 19.9 Å². The van der Waals surface area contributed by atoms with Gasteiger partial charge in [-0.15, -0.1) is 0 Å². The van der Waals surface area contributed by atoms with Gasteiger partial charge in [-0.1, -0.05) is 42.0 Å². The second-order valence-corrected chi connectivity index (χ2v) is 4.50. The van der Waals surface area contributed by atoms with Gasteiger partial charge < -0.3 is 5.32 Å². The topological polar surface area (TPSA) is 12.0 Å². The van der Waals surface area contributed by atoms with Crippen LogP contribution in [-0.2, 0) is 0 Å². The minimum atomic E-state index is 0.393. The fourth-order valence-corrected chi connectivity index (χ4v) is 2.44. The minimum absolute atomic E-state index is 0.393. The first-order valence-corrected chi connectivity index (χ1v) is 5.72. The molecular formula is C15H15N. The lowest BCUT2D eigenvalue weighted by Crippen LogP contribution is -2.13. The molecule has 1 nitrogen and oxygen atoms in total. The van der Waals surface area contributed by atoms with Crippen molar-refractivity contribution >= 4 is 5.69 Å². The molecule has 2 aromatic carbocycles. The Labute approximate surface area is 96.1 Å². The van der Waals surface area contributed by atoms with Gasteiger partial charge in [0, 0.05) is 17.3 Å². The van der Waals surface area contributed by atoms with Gasteiger partial charge in [0.25, 0.3) is 0 Å². The van der Waals surface area contributed by atoms with Crippen molar-refractivity contribution in [2.24, 2.45) is 0 Å². The second kappa shape index (κ2) is 3.38. The van der Waals surface area contributed by atoms with Crippen LogP contribution in [0.15, 0.2) is 42.5 Å². The lowest BCUT2D eigenvalue weighted by Gasteiger charge is -2.27. The average molecular weight is 209 g/mol. The molecule has 3 rings (SSSR count). The molecule has 80 valence electrons. The molecule has 1 N–H and O–H groups in total.